The standard InChI is InChI=1S/C9H11ClN2/c1-12(2)7-11-9-5-3-4-8(10)6-9/h3-7H,1-2H3. The van der Waals surface area contributed by atoms with E-state index in [0.29, 0.717) is 5.02 Å². The third-order valence-corrected chi connectivity index (χ3v) is 1.48. The molecular weight excluding hydrogens is 172 g/mol. The fourth-order valence-electron chi connectivity index (χ4n) is 0.739. The molecule has 0 radical (unpaired) electrons. The van der Waals surface area contributed by atoms with E-state index in [-0.39, 0.29) is 0 Å². The van der Waals surface area contributed by atoms with Gasteiger partial charge in [0.2, 0.25) is 0 Å². The van der Waals surface area contributed by atoms with E-state index in [0.717, 1.165) is 5.69 Å². The largest absolute Gasteiger partial charge is 0.369 e. The van der Waals surface area contributed by atoms with Crippen molar-refractivity contribution in [2.45, 2.75) is 0 Å². The molecule has 0 aromatic heterocycles. The summed E-state index contributed by atoms with van der Waals surface area (Å²) in [5.74, 6) is 0. The summed E-state index contributed by atoms with van der Waals surface area (Å²) >= 11 is 5.77. The lowest BCUT2D eigenvalue weighted by atomic mass is 10.3. The van der Waals surface area contributed by atoms with Crippen molar-refractivity contribution in [2.24, 2.45) is 4.99 Å². The molecule has 0 N–H and O–H groups in total. The molecule has 0 heterocycles. The van der Waals surface area contributed by atoms with E-state index >= 15 is 0 Å². The fourth-order valence-corrected chi connectivity index (χ4v) is 0.923. The van der Waals surface area contributed by atoms with Crippen molar-refractivity contribution in [1.82, 2.24) is 4.90 Å². The second kappa shape index (κ2) is 4.12. The summed E-state index contributed by atoms with van der Waals surface area (Å²) in [5, 5.41) is 0.711. The van der Waals surface area contributed by atoms with Crippen LogP contribution >= 0.6 is 11.6 Å². The highest BCUT2D eigenvalue weighted by molar-refractivity contribution is 6.30. The molecule has 1 rings (SSSR count). The Morgan fingerprint density at radius 2 is 2.17 bits per heavy atom. The van der Waals surface area contributed by atoms with Crippen LogP contribution in [-0.4, -0.2) is 25.3 Å². The molecular formula is C9H11ClN2. The van der Waals surface area contributed by atoms with Gasteiger partial charge in [-0.3, -0.25) is 0 Å². The highest BCUT2D eigenvalue weighted by Gasteiger charge is 1.88. The normalized spacial score (nSPS) is 10.6. The van der Waals surface area contributed by atoms with Crippen LogP contribution in [0.25, 0.3) is 0 Å². The zero-order valence-electron chi connectivity index (χ0n) is 7.16. The summed E-state index contributed by atoms with van der Waals surface area (Å²) in [6.07, 6.45) is 1.74. The first-order chi connectivity index (χ1) is 5.68. The van der Waals surface area contributed by atoms with Gasteiger partial charge in [0.05, 0.1) is 12.0 Å². The van der Waals surface area contributed by atoms with Crippen LogP contribution < -0.4 is 0 Å². The van der Waals surface area contributed by atoms with Gasteiger partial charge in [-0.1, -0.05) is 17.7 Å². The number of rotatable bonds is 2. The van der Waals surface area contributed by atoms with Gasteiger partial charge in [-0.25, -0.2) is 4.99 Å². The maximum atomic E-state index is 5.77. The SMILES string of the molecule is CN(C)C=Nc1cccc(Cl)c1. The van der Waals surface area contributed by atoms with Crippen molar-refractivity contribution >= 4 is 23.6 Å². The summed E-state index contributed by atoms with van der Waals surface area (Å²) in [7, 11) is 3.85. The Kier molecular flexibility index (Phi) is 3.11. The molecule has 0 amide bonds. The Hall–Kier alpha value is -1.02. The summed E-state index contributed by atoms with van der Waals surface area (Å²) in [6, 6.07) is 7.44. The Bertz CT molecular complexity index is 282. The Labute approximate surface area is 77.5 Å². The molecule has 0 aliphatic heterocycles. The van der Waals surface area contributed by atoms with Crippen molar-refractivity contribution in [2.75, 3.05) is 14.1 Å². The predicted octanol–water partition coefficient (Wildman–Crippen LogP) is 2.56. The van der Waals surface area contributed by atoms with E-state index in [1.165, 1.54) is 0 Å². The molecule has 0 unspecified atom stereocenters. The highest BCUT2D eigenvalue weighted by atomic mass is 35.5. The average molecular weight is 183 g/mol. The minimum absolute atomic E-state index is 0.711. The zero-order chi connectivity index (χ0) is 8.97. The van der Waals surface area contributed by atoms with E-state index in [9.17, 15) is 0 Å². The highest BCUT2D eigenvalue weighted by Crippen LogP contribution is 2.16. The van der Waals surface area contributed by atoms with Gasteiger partial charge in [-0.05, 0) is 18.2 Å². The molecule has 0 aliphatic carbocycles. The van der Waals surface area contributed by atoms with Gasteiger partial charge < -0.3 is 4.90 Å². The molecule has 12 heavy (non-hydrogen) atoms. The molecule has 2 nitrogen and oxygen atoms in total. The summed E-state index contributed by atoms with van der Waals surface area (Å²) < 4.78 is 0. The van der Waals surface area contributed by atoms with Crippen molar-refractivity contribution in [3.05, 3.63) is 29.3 Å². The smallest absolute Gasteiger partial charge is 0.0907 e. The number of benzene rings is 1. The van der Waals surface area contributed by atoms with Gasteiger partial charge in [0.1, 0.15) is 0 Å². The van der Waals surface area contributed by atoms with E-state index < -0.39 is 0 Å². The number of nitrogens with zero attached hydrogens (tertiary/aromatic N) is 2. The van der Waals surface area contributed by atoms with Crippen molar-refractivity contribution < 1.29 is 0 Å². The van der Waals surface area contributed by atoms with Gasteiger partial charge in [0.25, 0.3) is 0 Å². The minimum Gasteiger partial charge on any atom is -0.369 e. The van der Waals surface area contributed by atoms with E-state index in [1.54, 1.807) is 6.34 Å². The molecule has 0 atom stereocenters. The third-order valence-electron chi connectivity index (χ3n) is 1.25. The lowest BCUT2D eigenvalue weighted by Gasteiger charge is -2.01. The molecule has 0 aliphatic rings. The van der Waals surface area contributed by atoms with E-state index in [2.05, 4.69) is 4.99 Å². The minimum atomic E-state index is 0.711. The lowest BCUT2D eigenvalue weighted by molar-refractivity contribution is 0.643. The molecule has 0 spiro atoms. The van der Waals surface area contributed by atoms with Gasteiger partial charge >= 0.3 is 0 Å². The Morgan fingerprint density at radius 3 is 2.75 bits per heavy atom. The first-order valence-corrected chi connectivity index (χ1v) is 4.02. The van der Waals surface area contributed by atoms with Gasteiger partial charge in [-0.15, -0.1) is 0 Å². The van der Waals surface area contributed by atoms with Gasteiger partial charge in [0, 0.05) is 19.1 Å². The van der Waals surface area contributed by atoms with E-state index in [4.69, 9.17) is 11.6 Å². The lowest BCUT2D eigenvalue weighted by Crippen LogP contribution is -2.06. The number of hydrogen-bond donors (Lipinski definition) is 0. The van der Waals surface area contributed by atoms with Crippen LogP contribution in [0.1, 0.15) is 0 Å². The maximum Gasteiger partial charge on any atom is 0.0907 e. The van der Waals surface area contributed by atoms with Crippen LogP contribution in [0.15, 0.2) is 29.3 Å². The van der Waals surface area contributed by atoms with Crippen LogP contribution in [0.3, 0.4) is 0 Å². The first kappa shape index (κ1) is 9.07. The second-order valence-corrected chi connectivity index (χ2v) is 3.12. The Morgan fingerprint density at radius 1 is 1.42 bits per heavy atom. The van der Waals surface area contributed by atoms with E-state index in [1.807, 2.05) is 43.3 Å². The zero-order valence-corrected chi connectivity index (χ0v) is 7.92. The topological polar surface area (TPSA) is 15.6 Å². The van der Waals surface area contributed by atoms with Crippen LogP contribution in [0.5, 0.6) is 0 Å². The van der Waals surface area contributed by atoms with Crippen LogP contribution in [0.2, 0.25) is 5.02 Å². The van der Waals surface area contributed by atoms with Crippen molar-refractivity contribution in [3.63, 3.8) is 0 Å². The summed E-state index contributed by atoms with van der Waals surface area (Å²) in [4.78, 5) is 6.06. The Balaban J connectivity index is 2.76. The van der Waals surface area contributed by atoms with Gasteiger partial charge in [0.15, 0.2) is 0 Å². The second-order valence-electron chi connectivity index (χ2n) is 2.69. The predicted molar refractivity (Wildman–Crippen MR) is 53.3 cm³/mol. The van der Waals surface area contributed by atoms with Crippen molar-refractivity contribution in [1.29, 1.82) is 0 Å². The maximum absolute atomic E-state index is 5.77. The molecule has 0 fully saturated rings. The average Bonchev–Trinajstić information content (AvgIpc) is 2.01. The van der Waals surface area contributed by atoms with Crippen molar-refractivity contribution in [3.8, 4) is 0 Å². The molecule has 64 valence electrons. The monoisotopic (exact) mass is 182 g/mol. The van der Waals surface area contributed by atoms with Gasteiger partial charge in [-0.2, -0.15) is 0 Å². The number of halogens is 1. The quantitative estimate of drug-likeness (QED) is 0.507. The summed E-state index contributed by atoms with van der Waals surface area (Å²) in [6.45, 7) is 0. The number of hydrogen-bond acceptors (Lipinski definition) is 1. The number of aliphatic imine (C=N–C) groups is 1. The molecule has 3 heteroatoms. The molecule has 1 aromatic rings. The first-order valence-electron chi connectivity index (χ1n) is 3.64. The van der Waals surface area contributed by atoms with Crippen LogP contribution in [0.4, 0.5) is 5.69 Å². The van der Waals surface area contributed by atoms with Crippen LogP contribution in [0, 0.1) is 0 Å². The molecule has 1 aromatic carbocycles. The molecule has 0 saturated heterocycles. The summed E-state index contributed by atoms with van der Waals surface area (Å²) in [5.41, 5.74) is 0.871. The molecule has 0 saturated carbocycles. The third kappa shape index (κ3) is 2.93. The fraction of sp³-hybridized carbons (Fsp3) is 0.222. The molecule has 0 bridgehead atoms. The van der Waals surface area contributed by atoms with Crippen LogP contribution in [-0.2, 0) is 0 Å².